The van der Waals surface area contributed by atoms with Gasteiger partial charge in [0.05, 0.1) is 52.9 Å². The van der Waals surface area contributed by atoms with Crippen LogP contribution in [0.25, 0.3) is 0 Å². The van der Waals surface area contributed by atoms with Crippen molar-refractivity contribution in [2.24, 2.45) is 0 Å². The van der Waals surface area contributed by atoms with Crippen LogP contribution >= 0.6 is 0 Å². The molecule has 0 aliphatic carbocycles. The number of ether oxygens (including phenoxy) is 5. The van der Waals surface area contributed by atoms with Crippen LogP contribution in [0.4, 0.5) is 0 Å². The Morgan fingerprint density at radius 2 is 0.938 bits per heavy atom. The lowest BCUT2D eigenvalue weighted by atomic mass is 10.7. The largest absolute Gasteiger partial charge is 0.382 e. The lowest BCUT2D eigenvalue weighted by molar-refractivity contribution is -0.00678. The van der Waals surface area contributed by atoms with Crippen molar-refractivity contribution in [1.29, 1.82) is 0 Å². The molecule has 16 heavy (non-hydrogen) atoms. The monoisotopic (exact) mass is 236 g/mol. The van der Waals surface area contributed by atoms with Crippen molar-refractivity contribution in [3.05, 3.63) is 0 Å². The van der Waals surface area contributed by atoms with Crippen LogP contribution in [0, 0.1) is 0 Å². The van der Waals surface area contributed by atoms with Crippen LogP contribution in [0.15, 0.2) is 0 Å². The molecule has 0 saturated carbocycles. The fourth-order valence-electron chi connectivity index (χ4n) is 0.946. The molecule has 0 amide bonds. The molecule has 5 nitrogen and oxygen atoms in total. The summed E-state index contributed by atoms with van der Waals surface area (Å²) in [6, 6.07) is 0. The zero-order valence-corrected chi connectivity index (χ0v) is 10.4. The van der Waals surface area contributed by atoms with Gasteiger partial charge in [-0.3, -0.25) is 0 Å². The highest BCUT2D eigenvalue weighted by atomic mass is 16.6. The van der Waals surface area contributed by atoms with E-state index < -0.39 is 0 Å². The van der Waals surface area contributed by atoms with Gasteiger partial charge in [-0.2, -0.15) is 0 Å². The molecular weight excluding hydrogens is 212 g/mol. The molecule has 0 N–H and O–H groups in total. The van der Waals surface area contributed by atoms with Crippen molar-refractivity contribution < 1.29 is 23.7 Å². The van der Waals surface area contributed by atoms with Gasteiger partial charge in [0, 0.05) is 13.7 Å². The number of hydrogen-bond donors (Lipinski definition) is 0. The van der Waals surface area contributed by atoms with Crippen LogP contribution in [0.1, 0.15) is 6.92 Å². The van der Waals surface area contributed by atoms with E-state index in [2.05, 4.69) is 0 Å². The molecule has 0 fully saturated rings. The molecule has 0 aromatic carbocycles. The molecule has 0 atom stereocenters. The van der Waals surface area contributed by atoms with Crippen LogP contribution in [-0.2, 0) is 23.7 Å². The summed E-state index contributed by atoms with van der Waals surface area (Å²) < 4.78 is 25.7. The van der Waals surface area contributed by atoms with Crippen molar-refractivity contribution in [3.8, 4) is 0 Å². The fraction of sp³-hybridized carbons (Fsp3) is 1.00. The first-order chi connectivity index (χ1) is 7.91. The quantitative estimate of drug-likeness (QED) is 0.441. The van der Waals surface area contributed by atoms with Gasteiger partial charge in [-0.25, -0.2) is 0 Å². The zero-order valence-electron chi connectivity index (χ0n) is 10.4. The minimum absolute atomic E-state index is 0.596. The molecule has 0 saturated heterocycles. The van der Waals surface area contributed by atoms with Crippen LogP contribution in [0.3, 0.4) is 0 Å². The first kappa shape index (κ1) is 15.8. The number of rotatable bonds is 13. The Hall–Kier alpha value is -0.200. The number of methoxy groups -OCH3 is 1. The summed E-state index contributed by atoms with van der Waals surface area (Å²) >= 11 is 0. The maximum absolute atomic E-state index is 5.29. The lowest BCUT2D eigenvalue weighted by Crippen LogP contribution is -2.12. The van der Waals surface area contributed by atoms with E-state index in [1.807, 2.05) is 6.92 Å². The second-order valence-corrected chi connectivity index (χ2v) is 3.03. The van der Waals surface area contributed by atoms with Crippen LogP contribution in [-0.4, -0.2) is 66.6 Å². The fourth-order valence-corrected chi connectivity index (χ4v) is 0.946. The Bertz CT molecular complexity index is 107. The van der Waals surface area contributed by atoms with Gasteiger partial charge >= 0.3 is 0 Å². The van der Waals surface area contributed by atoms with Gasteiger partial charge in [0.1, 0.15) is 0 Å². The van der Waals surface area contributed by atoms with E-state index in [0.717, 1.165) is 6.61 Å². The third kappa shape index (κ3) is 13.8. The second kappa shape index (κ2) is 14.8. The second-order valence-electron chi connectivity index (χ2n) is 3.03. The van der Waals surface area contributed by atoms with E-state index in [-0.39, 0.29) is 0 Å². The van der Waals surface area contributed by atoms with E-state index in [1.54, 1.807) is 7.11 Å². The molecule has 0 aromatic rings. The van der Waals surface area contributed by atoms with E-state index in [9.17, 15) is 0 Å². The molecule has 0 aliphatic rings. The Morgan fingerprint density at radius 3 is 1.31 bits per heavy atom. The average molecular weight is 236 g/mol. The zero-order chi connectivity index (χ0) is 11.9. The van der Waals surface area contributed by atoms with Crippen molar-refractivity contribution in [3.63, 3.8) is 0 Å². The topological polar surface area (TPSA) is 46.2 Å². The predicted molar refractivity (Wildman–Crippen MR) is 60.8 cm³/mol. The van der Waals surface area contributed by atoms with E-state index in [4.69, 9.17) is 23.7 Å². The summed E-state index contributed by atoms with van der Waals surface area (Å²) in [5.74, 6) is 0. The third-order valence-corrected chi connectivity index (χ3v) is 1.75. The Kier molecular flexibility index (Phi) is 14.6. The predicted octanol–water partition coefficient (Wildman–Crippen LogP) is 0.719. The normalized spacial score (nSPS) is 10.9. The summed E-state index contributed by atoms with van der Waals surface area (Å²) in [5.41, 5.74) is 0. The van der Waals surface area contributed by atoms with Crippen molar-refractivity contribution in [2.75, 3.05) is 66.6 Å². The van der Waals surface area contributed by atoms with E-state index >= 15 is 0 Å². The van der Waals surface area contributed by atoms with Crippen molar-refractivity contribution >= 4 is 0 Å². The van der Waals surface area contributed by atoms with Gasteiger partial charge in [0.25, 0.3) is 0 Å². The summed E-state index contributed by atoms with van der Waals surface area (Å²) in [5, 5.41) is 0. The molecule has 0 spiro atoms. The summed E-state index contributed by atoms with van der Waals surface area (Å²) in [4.78, 5) is 0. The molecule has 0 unspecified atom stereocenters. The minimum atomic E-state index is 0.596. The summed E-state index contributed by atoms with van der Waals surface area (Å²) in [6.45, 7) is 7.61. The first-order valence-electron chi connectivity index (χ1n) is 5.71. The standard InChI is InChI=1S/C11H24O5/c1-3-13-6-7-15-10-11-16-9-8-14-5-4-12-2/h3-11H2,1-2H3. The average Bonchev–Trinajstić information content (AvgIpc) is 2.31. The highest BCUT2D eigenvalue weighted by molar-refractivity contribution is 4.34. The molecule has 0 bridgehead atoms. The Morgan fingerprint density at radius 1 is 0.562 bits per heavy atom. The van der Waals surface area contributed by atoms with Gasteiger partial charge in [0.15, 0.2) is 0 Å². The third-order valence-electron chi connectivity index (χ3n) is 1.75. The molecule has 0 aliphatic heterocycles. The minimum Gasteiger partial charge on any atom is -0.382 e. The lowest BCUT2D eigenvalue weighted by Gasteiger charge is -2.06. The summed E-state index contributed by atoms with van der Waals surface area (Å²) in [7, 11) is 1.65. The van der Waals surface area contributed by atoms with Gasteiger partial charge in [-0.05, 0) is 6.92 Å². The molecule has 5 heteroatoms. The van der Waals surface area contributed by atoms with Gasteiger partial charge < -0.3 is 23.7 Å². The van der Waals surface area contributed by atoms with Gasteiger partial charge in [0.2, 0.25) is 0 Å². The van der Waals surface area contributed by atoms with Crippen molar-refractivity contribution in [1.82, 2.24) is 0 Å². The van der Waals surface area contributed by atoms with Crippen LogP contribution in [0.2, 0.25) is 0 Å². The number of hydrogen-bond acceptors (Lipinski definition) is 5. The maximum Gasteiger partial charge on any atom is 0.0701 e. The molecule has 0 rings (SSSR count). The van der Waals surface area contributed by atoms with Crippen molar-refractivity contribution in [2.45, 2.75) is 6.92 Å². The van der Waals surface area contributed by atoms with Crippen LogP contribution in [0.5, 0.6) is 0 Å². The molecule has 98 valence electrons. The van der Waals surface area contributed by atoms with E-state index in [0.29, 0.717) is 52.9 Å². The molecule has 0 radical (unpaired) electrons. The highest BCUT2D eigenvalue weighted by Gasteiger charge is 1.91. The van der Waals surface area contributed by atoms with Gasteiger partial charge in [-0.15, -0.1) is 0 Å². The SMILES string of the molecule is CCOCCOCCOCCOCCOC. The molecular formula is C11H24O5. The molecule has 0 aromatic heterocycles. The highest BCUT2D eigenvalue weighted by Crippen LogP contribution is 1.82. The maximum atomic E-state index is 5.29. The smallest absolute Gasteiger partial charge is 0.0701 e. The Labute approximate surface area is 98.0 Å². The molecule has 0 heterocycles. The van der Waals surface area contributed by atoms with Crippen LogP contribution < -0.4 is 0 Å². The van der Waals surface area contributed by atoms with E-state index in [1.165, 1.54) is 0 Å². The Balaban J connectivity index is 2.83. The first-order valence-corrected chi connectivity index (χ1v) is 5.71. The van der Waals surface area contributed by atoms with Gasteiger partial charge in [-0.1, -0.05) is 0 Å². The summed E-state index contributed by atoms with van der Waals surface area (Å²) in [6.07, 6.45) is 0.